The molecule has 2 heteroatoms. The molecule has 3 aromatic rings. The average molecular weight is 270 g/mol. The molecule has 0 unspecified atom stereocenters. The van der Waals surface area contributed by atoms with Gasteiger partial charge in [0.1, 0.15) is 0 Å². The number of halogens is 1. The van der Waals surface area contributed by atoms with Gasteiger partial charge in [-0.1, -0.05) is 48.9 Å². The van der Waals surface area contributed by atoms with Crippen molar-refractivity contribution < 1.29 is 0 Å². The number of rotatable bonds is 3. The highest BCUT2D eigenvalue weighted by Gasteiger charge is 2.04. The number of hydrogen-bond donors (Lipinski definition) is 0. The van der Waals surface area contributed by atoms with Crippen LogP contribution in [-0.2, 0) is 13.0 Å². The molecule has 19 heavy (non-hydrogen) atoms. The topological polar surface area (TPSA) is 4.93 Å². The molecule has 2 aromatic carbocycles. The molecule has 0 saturated carbocycles. The summed E-state index contributed by atoms with van der Waals surface area (Å²) in [6, 6.07) is 16.9. The summed E-state index contributed by atoms with van der Waals surface area (Å²) >= 11 is 6.20. The molecule has 1 heterocycles. The van der Waals surface area contributed by atoms with E-state index in [9.17, 15) is 0 Å². The second-order valence-corrected chi connectivity index (χ2v) is 5.19. The molecule has 0 N–H and O–H groups in total. The molecule has 3 rings (SSSR count). The van der Waals surface area contributed by atoms with Crippen LogP contribution in [0.25, 0.3) is 10.9 Å². The molecule has 1 aromatic heterocycles. The zero-order chi connectivity index (χ0) is 13.2. The van der Waals surface area contributed by atoms with E-state index in [1.165, 1.54) is 16.6 Å². The van der Waals surface area contributed by atoms with Gasteiger partial charge in [-0.25, -0.2) is 0 Å². The monoisotopic (exact) mass is 269 g/mol. The SMILES string of the molecule is CCc1ccc(Cn2ccc3c(Cl)cccc32)cc1. The van der Waals surface area contributed by atoms with E-state index < -0.39 is 0 Å². The van der Waals surface area contributed by atoms with Crippen molar-refractivity contribution in [2.75, 3.05) is 0 Å². The Morgan fingerprint density at radius 2 is 1.68 bits per heavy atom. The van der Waals surface area contributed by atoms with Gasteiger partial charge < -0.3 is 4.57 Å². The zero-order valence-corrected chi connectivity index (χ0v) is 11.7. The van der Waals surface area contributed by atoms with E-state index in [1.807, 2.05) is 12.1 Å². The summed E-state index contributed by atoms with van der Waals surface area (Å²) in [7, 11) is 0. The molecule has 0 saturated heterocycles. The van der Waals surface area contributed by atoms with Crippen LogP contribution in [0, 0.1) is 0 Å². The number of hydrogen-bond acceptors (Lipinski definition) is 0. The molecule has 0 spiro atoms. The lowest BCUT2D eigenvalue weighted by Crippen LogP contribution is -1.97. The van der Waals surface area contributed by atoms with Gasteiger partial charge in [0, 0.05) is 28.7 Å². The van der Waals surface area contributed by atoms with Crippen LogP contribution in [0.2, 0.25) is 5.02 Å². The zero-order valence-electron chi connectivity index (χ0n) is 10.9. The van der Waals surface area contributed by atoms with Gasteiger partial charge in [-0.2, -0.15) is 0 Å². The minimum atomic E-state index is 0.817. The van der Waals surface area contributed by atoms with Gasteiger partial charge in [0.05, 0.1) is 0 Å². The van der Waals surface area contributed by atoms with Crippen molar-refractivity contribution in [1.82, 2.24) is 4.57 Å². The van der Waals surface area contributed by atoms with E-state index >= 15 is 0 Å². The Morgan fingerprint density at radius 1 is 0.947 bits per heavy atom. The van der Waals surface area contributed by atoms with E-state index in [4.69, 9.17) is 11.6 Å². The summed E-state index contributed by atoms with van der Waals surface area (Å²) < 4.78 is 2.24. The lowest BCUT2D eigenvalue weighted by atomic mass is 10.1. The number of nitrogens with zero attached hydrogens (tertiary/aromatic N) is 1. The van der Waals surface area contributed by atoms with Gasteiger partial charge in [0.2, 0.25) is 0 Å². The number of aryl methyl sites for hydroxylation is 1. The Morgan fingerprint density at radius 3 is 2.42 bits per heavy atom. The van der Waals surface area contributed by atoms with Gasteiger partial charge in [-0.3, -0.25) is 0 Å². The van der Waals surface area contributed by atoms with Gasteiger partial charge in [0.15, 0.2) is 0 Å². The molecular formula is C17H16ClN. The molecule has 0 bridgehead atoms. The van der Waals surface area contributed by atoms with E-state index in [0.29, 0.717) is 0 Å². The fraction of sp³-hybridized carbons (Fsp3) is 0.176. The first-order valence-corrected chi connectivity index (χ1v) is 6.97. The van der Waals surface area contributed by atoms with E-state index in [1.54, 1.807) is 0 Å². The molecule has 96 valence electrons. The molecule has 0 aliphatic heterocycles. The molecular weight excluding hydrogens is 254 g/mol. The molecule has 1 nitrogen and oxygen atoms in total. The van der Waals surface area contributed by atoms with Gasteiger partial charge >= 0.3 is 0 Å². The summed E-state index contributed by atoms with van der Waals surface area (Å²) in [5.41, 5.74) is 3.88. The standard InChI is InChI=1S/C17H16ClN/c1-2-13-6-8-14(9-7-13)12-19-11-10-15-16(18)4-3-5-17(15)19/h3-11H,2,12H2,1H3. The average Bonchev–Trinajstić information content (AvgIpc) is 2.84. The third kappa shape index (κ3) is 2.39. The first-order valence-electron chi connectivity index (χ1n) is 6.59. The Bertz CT molecular complexity index is 695. The van der Waals surface area contributed by atoms with Crippen LogP contribution in [0.3, 0.4) is 0 Å². The Balaban J connectivity index is 1.94. The van der Waals surface area contributed by atoms with Crippen molar-refractivity contribution >= 4 is 22.5 Å². The molecule has 0 amide bonds. The van der Waals surface area contributed by atoms with Crippen molar-refractivity contribution in [3.05, 3.63) is 70.9 Å². The van der Waals surface area contributed by atoms with Crippen LogP contribution in [0.1, 0.15) is 18.1 Å². The van der Waals surface area contributed by atoms with Gasteiger partial charge in [0.25, 0.3) is 0 Å². The van der Waals surface area contributed by atoms with Crippen LogP contribution >= 0.6 is 11.6 Å². The third-order valence-electron chi connectivity index (χ3n) is 3.54. The van der Waals surface area contributed by atoms with Crippen molar-refractivity contribution in [2.24, 2.45) is 0 Å². The molecule has 0 atom stereocenters. The van der Waals surface area contributed by atoms with Gasteiger partial charge in [-0.15, -0.1) is 0 Å². The highest BCUT2D eigenvalue weighted by atomic mass is 35.5. The molecule has 0 fully saturated rings. The maximum absolute atomic E-state index is 6.20. The van der Waals surface area contributed by atoms with Crippen LogP contribution < -0.4 is 0 Å². The largest absolute Gasteiger partial charge is 0.343 e. The first-order chi connectivity index (χ1) is 9.28. The first kappa shape index (κ1) is 12.3. The number of fused-ring (bicyclic) bond motifs is 1. The lowest BCUT2D eigenvalue weighted by molar-refractivity contribution is 0.836. The number of aromatic nitrogens is 1. The minimum Gasteiger partial charge on any atom is -0.343 e. The predicted molar refractivity (Wildman–Crippen MR) is 81.9 cm³/mol. The van der Waals surface area contributed by atoms with Crippen LogP contribution in [-0.4, -0.2) is 4.57 Å². The highest BCUT2D eigenvalue weighted by molar-refractivity contribution is 6.35. The normalized spacial score (nSPS) is 11.1. The van der Waals surface area contributed by atoms with Crippen molar-refractivity contribution in [3.63, 3.8) is 0 Å². The second kappa shape index (κ2) is 5.10. The summed E-state index contributed by atoms with van der Waals surface area (Å²) in [5.74, 6) is 0. The Hall–Kier alpha value is -1.73. The molecule has 0 aliphatic carbocycles. The summed E-state index contributed by atoms with van der Waals surface area (Å²) in [6.45, 7) is 3.06. The smallest absolute Gasteiger partial charge is 0.0499 e. The Kier molecular flexibility index (Phi) is 3.31. The van der Waals surface area contributed by atoms with Crippen molar-refractivity contribution in [1.29, 1.82) is 0 Å². The van der Waals surface area contributed by atoms with Crippen molar-refractivity contribution in [3.8, 4) is 0 Å². The summed E-state index contributed by atoms with van der Waals surface area (Å²) in [6.07, 6.45) is 3.19. The lowest BCUT2D eigenvalue weighted by Gasteiger charge is -2.07. The third-order valence-corrected chi connectivity index (χ3v) is 3.87. The second-order valence-electron chi connectivity index (χ2n) is 4.79. The quantitative estimate of drug-likeness (QED) is 0.637. The fourth-order valence-electron chi connectivity index (χ4n) is 2.40. The number of benzene rings is 2. The molecule has 0 aliphatic rings. The molecule has 0 radical (unpaired) electrons. The van der Waals surface area contributed by atoms with Crippen LogP contribution in [0.4, 0.5) is 0 Å². The van der Waals surface area contributed by atoms with E-state index in [-0.39, 0.29) is 0 Å². The van der Waals surface area contributed by atoms with Crippen LogP contribution in [0.5, 0.6) is 0 Å². The maximum atomic E-state index is 6.20. The minimum absolute atomic E-state index is 0.817. The van der Waals surface area contributed by atoms with E-state index in [0.717, 1.165) is 23.4 Å². The van der Waals surface area contributed by atoms with E-state index in [2.05, 4.69) is 54.1 Å². The summed E-state index contributed by atoms with van der Waals surface area (Å²) in [4.78, 5) is 0. The predicted octanol–water partition coefficient (Wildman–Crippen LogP) is 4.91. The van der Waals surface area contributed by atoms with Gasteiger partial charge in [-0.05, 0) is 35.7 Å². The van der Waals surface area contributed by atoms with Crippen LogP contribution in [0.15, 0.2) is 54.7 Å². The Labute approximate surface area is 118 Å². The van der Waals surface area contributed by atoms with Crippen molar-refractivity contribution in [2.45, 2.75) is 19.9 Å². The summed E-state index contributed by atoms with van der Waals surface area (Å²) in [5, 5.41) is 1.94. The highest BCUT2D eigenvalue weighted by Crippen LogP contribution is 2.24. The maximum Gasteiger partial charge on any atom is 0.0499 e. The fourth-order valence-corrected chi connectivity index (χ4v) is 2.63.